The lowest BCUT2D eigenvalue weighted by atomic mass is 10.0. The van der Waals surface area contributed by atoms with Gasteiger partial charge in [-0.15, -0.1) is 0 Å². The van der Waals surface area contributed by atoms with Crippen molar-refractivity contribution in [2.75, 3.05) is 0 Å². The SMILES string of the molecule is CC[C@H](NC(=O)OC(C)(C)C)[C@@H](OC(=O)c1ccc([N+](=O)[O-])cc1)C1CC1. The Balaban J connectivity index is 2.05. The smallest absolute Gasteiger partial charge is 0.408 e. The van der Waals surface area contributed by atoms with Gasteiger partial charge in [0.25, 0.3) is 5.69 Å². The molecule has 1 aromatic carbocycles. The number of alkyl carbamates (subject to hydrolysis) is 1. The quantitative estimate of drug-likeness (QED) is 0.439. The molecule has 2 atom stereocenters. The number of carbonyl (C=O) groups excluding carboxylic acids is 2. The van der Waals surface area contributed by atoms with Crippen molar-refractivity contribution in [3.63, 3.8) is 0 Å². The van der Waals surface area contributed by atoms with Gasteiger partial charge in [0, 0.05) is 12.1 Å². The number of nitro groups is 1. The van der Waals surface area contributed by atoms with Gasteiger partial charge in [0.15, 0.2) is 0 Å². The third kappa shape index (κ3) is 6.23. The Morgan fingerprint density at radius 3 is 2.30 bits per heavy atom. The Morgan fingerprint density at radius 1 is 1.26 bits per heavy atom. The van der Waals surface area contributed by atoms with E-state index in [1.54, 1.807) is 20.8 Å². The van der Waals surface area contributed by atoms with Crippen LogP contribution in [0.5, 0.6) is 0 Å². The van der Waals surface area contributed by atoms with Crippen molar-refractivity contribution in [2.45, 2.75) is 64.7 Å². The highest BCUT2D eigenvalue weighted by Gasteiger charge is 2.40. The zero-order valence-corrected chi connectivity index (χ0v) is 16.1. The van der Waals surface area contributed by atoms with E-state index >= 15 is 0 Å². The molecule has 0 saturated heterocycles. The summed E-state index contributed by atoms with van der Waals surface area (Å²) < 4.78 is 11.0. The van der Waals surface area contributed by atoms with Crippen molar-refractivity contribution < 1.29 is 24.0 Å². The summed E-state index contributed by atoms with van der Waals surface area (Å²) in [7, 11) is 0. The van der Waals surface area contributed by atoms with Crippen LogP contribution < -0.4 is 5.32 Å². The number of non-ortho nitro benzene ring substituents is 1. The number of amides is 1. The van der Waals surface area contributed by atoms with Gasteiger partial charge in [-0.05, 0) is 58.1 Å². The first kappa shape index (κ1) is 20.7. The minimum absolute atomic E-state index is 0.0941. The largest absolute Gasteiger partial charge is 0.456 e. The number of nitro benzene ring substituents is 1. The number of hydrogen-bond donors (Lipinski definition) is 1. The molecule has 0 aliphatic heterocycles. The molecule has 0 heterocycles. The van der Waals surface area contributed by atoms with Crippen molar-refractivity contribution in [3.8, 4) is 0 Å². The van der Waals surface area contributed by atoms with Crippen LogP contribution in [0.1, 0.15) is 57.3 Å². The number of nitrogens with zero attached hydrogens (tertiary/aromatic N) is 1. The highest BCUT2D eigenvalue weighted by atomic mass is 16.6. The molecule has 8 nitrogen and oxygen atoms in total. The first-order valence-electron chi connectivity index (χ1n) is 9.05. The van der Waals surface area contributed by atoms with Crippen LogP contribution >= 0.6 is 0 Å². The average Bonchev–Trinajstić information content (AvgIpc) is 3.41. The van der Waals surface area contributed by atoms with Crippen molar-refractivity contribution in [1.82, 2.24) is 5.32 Å². The predicted octanol–water partition coefficient (Wildman–Crippen LogP) is 3.83. The Kier molecular flexibility index (Phi) is 6.41. The molecular formula is C19H26N2O6. The van der Waals surface area contributed by atoms with Crippen LogP contribution in [0.4, 0.5) is 10.5 Å². The van der Waals surface area contributed by atoms with E-state index in [1.165, 1.54) is 24.3 Å². The van der Waals surface area contributed by atoms with Crippen molar-refractivity contribution in [2.24, 2.45) is 5.92 Å². The number of rotatable bonds is 7. The van der Waals surface area contributed by atoms with E-state index in [4.69, 9.17) is 9.47 Å². The molecule has 0 bridgehead atoms. The molecule has 2 rings (SSSR count). The van der Waals surface area contributed by atoms with E-state index in [-0.39, 0.29) is 23.2 Å². The van der Waals surface area contributed by atoms with Gasteiger partial charge in [-0.2, -0.15) is 0 Å². The maximum atomic E-state index is 12.5. The lowest BCUT2D eigenvalue weighted by Gasteiger charge is -2.28. The van der Waals surface area contributed by atoms with Crippen LogP contribution in [-0.2, 0) is 9.47 Å². The van der Waals surface area contributed by atoms with Gasteiger partial charge in [0.1, 0.15) is 11.7 Å². The molecule has 1 aromatic rings. The Hall–Kier alpha value is -2.64. The summed E-state index contributed by atoms with van der Waals surface area (Å²) >= 11 is 0. The monoisotopic (exact) mass is 378 g/mol. The zero-order valence-electron chi connectivity index (χ0n) is 16.1. The molecular weight excluding hydrogens is 352 g/mol. The number of carbonyl (C=O) groups is 2. The fraction of sp³-hybridized carbons (Fsp3) is 0.579. The molecule has 1 N–H and O–H groups in total. The second kappa shape index (κ2) is 8.37. The minimum atomic E-state index is -0.618. The topological polar surface area (TPSA) is 108 Å². The van der Waals surface area contributed by atoms with Crippen LogP contribution in [-0.4, -0.2) is 34.7 Å². The number of esters is 1. The van der Waals surface area contributed by atoms with Gasteiger partial charge in [-0.1, -0.05) is 6.92 Å². The standard InChI is InChI=1S/C19H26N2O6/c1-5-15(20-18(23)27-19(2,3)4)16(12-6-7-12)26-17(22)13-8-10-14(11-9-13)21(24)25/h8-12,15-16H,5-7H2,1-4H3,(H,20,23)/t15-,16-/m0/s1. The molecule has 27 heavy (non-hydrogen) atoms. The fourth-order valence-electron chi connectivity index (χ4n) is 2.72. The highest BCUT2D eigenvalue weighted by Crippen LogP contribution is 2.37. The van der Waals surface area contributed by atoms with Gasteiger partial charge in [0.2, 0.25) is 0 Å². The molecule has 0 radical (unpaired) electrons. The number of ether oxygens (including phenoxy) is 2. The van der Waals surface area contributed by atoms with Crippen molar-refractivity contribution in [3.05, 3.63) is 39.9 Å². The summed E-state index contributed by atoms with van der Waals surface area (Å²) in [4.78, 5) is 34.8. The third-order valence-corrected chi connectivity index (χ3v) is 4.18. The van der Waals surface area contributed by atoms with Crippen molar-refractivity contribution >= 4 is 17.7 Å². The summed E-state index contributed by atoms with van der Waals surface area (Å²) in [5.74, 6) is -0.377. The Morgan fingerprint density at radius 2 is 1.85 bits per heavy atom. The van der Waals surface area contributed by atoms with Crippen LogP contribution in [0, 0.1) is 16.0 Å². The summed E-state index contributed by atoms with van der Waals surface area (Å²) in [6.07, 6.45) is 1.40. The van der Waals surface area contributed by atoms with Crippen LogP contribution in [0.3, 0.4) is 0 Å². The summed E-state index contributed by atoms with van der Waals surface area (Å²) in [6, 6.07) is 4.89. The molecule has 1 saturated carbocycles. The lowest BCUT2D eigenvalue weighted by molar-refractivity contribution is -0.384. The van der Waals surface area contributed by atoms with Gasteiger partial charge >= 0.3 is 12.1 Å². The summed E-state index contributed by atoms with van der Waals surface area (Å²) in [5, 5.41) is 13.5. The predicted molar refractivity (Wildman–Crippen MR) is 98.5 cm³/mol. The number of hydrogen-bond acceptors (Lipinski definition) is 6. The maximum absolute atomic E-state index is 12.5. The van der Waals surface area contributed by atoms with Gasteiger partial charge in [-0.3, -0.25) is 10.1 Å². The highest BCUT2D eigenvalue weighted by molar-refractivity contribution is 5.89. The van der Waals surface area contributed by atoms with E-state index in [9.17, 15) is 19.7 Å². The Labute approximate surface area is 158 Å². The van der Waals surface area contributed by atoms with Crippen LogP contribution in [0.15, 0.2) is 24.3 Å². The van der Waals surface area contributed by atoms with Gasteiger partial charge in [0.05, 0.1) is 16.5 Å². The first-order valence-corrected chi connectivity index (χ1v) is 9.05. The minimum Gasteiger partial charge on any atom is -0.456 e. The van der Waals surface area contributed by atoms with E-state index < -0.39 is 28.7 Å². The number of nitrogens with one attached hydrogen (secondary N) is 1. The van der Waals surface area contributed by atoms with Crippen LogP contribution in [0.2, 0.25) is 0 Å². The van der Waals surface area contributed by atoms with E-state index in [2.05, 4.69) is 5.32 Å². The summed E-state index contributed by atoms with van der Waals surface area (Å²) in [6.45, 7) is 7.23. The second-order valence-corrected chi connectivity index (χ2v) is 7.67. The molecule has 1 aliphatic rings. The molecule has 0 spiro atoms. The molecule has 0 unspecified atom stereocenters. The third-order valence-electron chi connectivity index (χ3n) is 4.18. The normalized spacial score (nSPS) is 16.1. The molecule has 1 amide bonds. The van der Waals surface area contributed by atoms with E-state index in [1.807, 2.05) is 6.92 Å². The van der Waals surface area contributed by atoms with E-state index in [0.717, 1.165) is 12.8 Å². The molecule has 1 aliphatic carbocycles. The maximum Gasteiger partial charge on any atom is 0.408 e. The molecule has 0 aromatic heterocycles. The van der Waals surface area contributed by atoms with E-state index in [0.29, 0.717) is 6.42 Å². The summed E-state index contributed by atoms with van der Waals surface area (Å²) in [5.41, 5.74) is -0.478. The second-order valence-electron chi connectivity index (χ2n) is 7.67. The van der Waals surface area contributed by atoms with Gasteiger partial charge in [-0.25, -0.2) is 9.59 Å². The number of benzene rings is 1. The zero-order chi connectivity index (χ0) is 20.2. The molecule has 8 heteroatoms. The first-order chi connectivity index (χ1) is 12.6. The average molecular weight is 378 g/mol. The van der Waals surface area contributed by atoms with Crippen molar-refractivity contribution in [1.29, 1.82) is 0 Å². The molecule has 1 fully saturated rings. The van der Waals surface area contributed by atoms with Crippen LogP contribution in [0.25, 0.3) is 0 Å². The molecule has 148 valence electrons. The lowest BCUT2D eigenvalue weighted by Crippen LogP contribution is -2.47. The Bertz CT molecular complexity index is 691. The fourth-order valence-corrected chi connectivity index (χ4v) is 2.72. The van der Waals surface area contributed by atoms with Gasteiger partial charge < -0.3 is 14.8 Å².